The van der Waals surface area contributed by atoms with E-state index in [0.29, 0.717) is 30.6 Å². The van der Waals surface area contributed by atoms with E-state index in [1.54, 1.807) is 0 Å². The lowest BCUT2D eigenvalue weighted by molar-refractivity contribution is -0.146. The molecule has 2 aliphatic carbocycles. The minimum absolute atomic E-state index is 0.0548. The summed E-state index contributed by atoms with van der Waals surface area (Å²) in [5.74, 6) is -0.0193. The Kier molecular flexibility index (Phi) is 3.40. The fourth-order valence-corrected chi connectivity index (χ4v) is 2.90. The van der Waals surface area contributed by atoms with Gasteiger partial charge in [0.15, 0.2) is 0 Å². The number of rotatable bonds is 4. The van der Waals surface area contributed by atoms with Crippen LogP contribution in [0.4, 0.5) is 0 Å². The third-order valence-electron chi connectivity index (χ3n) is 4.27. The Hall–Kier alpha value is -1.06. The summed E-state index contributed by atoms with van der Waals surface area (Å²) in [6.45, 7) is 4.91. The third kappa shape index (κ3) is 2.79. The maximum atomic E-state index is 12.0. The van der Waals surface area contributed by atoms with Crippen molar-refractivity contribution < 1.29 is 14.7 Å². The summed E-state index contributed by atoms with van der Waals surface area (Å²) in [4.78, 5) is 23.1. The van der Waals surface area contributed by atoms with Gasteiger partial charge >= 0.3 is 5.97 Å². The molecule has 96 valence electrons. The van der Waals surface area contributed by atoms with Crippen LogP contribution in [0.5, 0.6) is 0 Å². The summed E-state index contributed by atoms with van der Waals surface area (Å²) in [5.41, 5.74) is 0. The van der Waals surface area contributed by atoms with E-state index in [2.05, 4.69) is 12.2 Å². The van der Waals surface area contributed by atoms with Gasteiger partial charge in [0.2, 0.25) is 5.91 Å². The number of amides is 1. The number of hydrogen-bond acceptors (Lipinski definition) is 2. The highest BCUT2D eigenvalue weighted by atomic mass is 16.4. The second-order valence-electron chi connectivity index (χ2n) is 5.85. The highest BCUT2D eigenvalue weighted by molar-refractivity contribution is 5.85. The molecule has 0 saturated heterocycles. The Morgan fingerprint density at radius 1 is 1.18 bits per heavy atom. The van der Waals surface area contributed by atoms with Gasteiger partial charge in [-0.3, -0.25) is 9.59 Å². The Morgan fingerprint density at radius 2 is 1.76 bits per heavy atom. The van der Waals surface area contributed by atoms with Gasteiger partial charge < -0.3 is 10.4 Å². The minimum Gasteiger partial charge on any atom is -0.481 e. The van der Waals surface area contributed by atoms with Crippen LogP contribution in [0.25, 0.3) is 0 Å². The van der Waals surface area contributed by atoms with Crippen molar-refractivity contribution in [2.24, 2.45) is 29.6 Å². The van der Waals surface area contributed by atoms with Gasteiger partial charge in [0, 0.05) is 6.54 Å². The Balaban J connectivity index is 1.86. The SMILES string of the molecule is CC1CC(C(=O)O)C(C(=O)NCC2CC2C)C1. The fraction of sp³-hybridized carbons (Fsp3) is 0.846. The normalized spacial score (nSPS) is 40.0. The number of nitrogens with one attached hydrogen (secondary N) is 1. The Morgan fingerprint density at radius 3 is 2.29 bits per heavy atom. The zero-order chi connectivity index (χ0) is 12.6. The lowest BCUT2D eigenvalue weighted by Crippen LogP contribution is -2.36. The van der Waals surface area contributed by atoms with Crippen molar-refractivity contribution in [3.05, 3.63) is 0 Å². The summed E-state index contributed by atoms with van der Waals surface area (Å²) in [5, 5.41) is 12.0. The number of carboxylic acid groups (broad SMARTS) is 1. The molecule has 0 aromatic heterocycles. The molecule has 4 heteroatoms. The standard InChI is InChI=1S/C13H21NO3/c1-7-3-10(11(4-7)13(16)17)12(15)14-6-9-5-8(9)2/h7-11H,3-6H2,1-2H3,(H,14,15)(H,16,17). The topological polar surface area (TPSA) is 66.4 Å². The zero-order valence-corrected chi connectivity index (χ0v) is 10.5. The van der Waals surface area contributed by atoms with Crippen molar-refractivity contribution in [1.29, 1.82) is 0 Å². The van der Waals surface area contributed by atoms with E-state index in [1.807, 2.05) is 6.92 Å². The van der Waals surface area contributed by atoms with Crippen LogP contribution in [-0.2, 0) is 9.59 Å². The molecule has 2 saturated carbocycles. The van der Waals surface area contributed by atoms with Crippen LogP contribution in [0.2, 0.25) is 0 Å². The molecule has 2 aliphatic rings. The summed E-state index contributed by atoms with van der Waals surface area (Å²) in [7, 11) is 0. The van der Waals surface area contributed by atoms with Crippen LogP contribution in [0.1, 0.15) is 33.1 Å². The van der Waals surface area contributed by atoms with Crippen molar-refractivity contribution in [1.82, 2.24) is 5.32 Å². The average molecular weight is 239 g/mol. The van der Waals surface area contributed by atoms with Gasteiger partial charge in [-0.1, -0.05) is 13.8 Å². The fourth-order valence-electron chi connectivity index (χ4n) is 2.90. The quantitative estimate of drug-likeness (QED) is 0.781. The maximum Gasteiger partial charge on any atom is 0.307 e. The summed E-state index contributed by atoms with van der Waals surface area (Å²) >= 11 is 0. The molecule has 0 radical (unpaired) electrons. The largest absolute Gasteiger partial charge is 0.481 e. The number of aliphatic carboxylic acids is 1. The summed E-state index contributed by atoms with van der Waals surface area (Å²) < 4.78 is 0. The van der Waals surface area contributed by atoms with E-state index in [1.165, 1.54) is 6.42 Å². The van der Waals surface area contributed by atoms with Crippen molar-refractivity contribution in [2.75, 3.05) is 6.54 Å². The Labute approximate surface area is 102 Å². The molecule has 0 heterocycles. The monoisotopic (exact) mass is 239 g/mol. The predicted octanol–water partition coefficient (Wildman–Crippen LogP) is 1.51. The van der Waals surface area contributed by atoms with Gasteiger partial charge in [0.1, 0.15) is 0 Å². The molecule has 2 N–H and O–H groups in total. The highest BCUT2D eigenvalue weighted by Gasteiger charge is 2.41. The van der Waals surface area contributed by atoms with Gasteiger partial charge in [0.05, 0.1) is 11.8 Å². The van der Waals surface area contributed by atoms with E-state index < -0.39 is 11.9 Å². The van der Waals surface area contributed by atoms with Crippen LogP contribution in [0.3, 0.4) is 0 Å². The molecular formula is C13H21NO3. The second kappa shape index (κ2) is 4.67. The van der Waals surface area contributed by atoms with E-state index in [-0.39, 0.29) is 11.8 Å². The molecule has 17 heavy (non-hydrogen) atoms. The first kappa shape index (κ1) is 12.4. The molecule has 5 unspecified atom stereocenters. The van der Waals surface area contributed by atoms with Crippen molar-refractivity contribution in [3.8, 4) is 0 Å². The lowest BCUT2D eigenvalue weighted by Gasteiger charge is -2.15. The first-order chi connectivity index (χ1) is 7.99. The molecule has 0 aromatic rings. The molecule has 0 aliphatic heterocycles. The van der Waals surface area contributed by atoms with Crippen LogP contribution in [0, 0.1) is 29.6 Å². The first-order valence-electron chi connectivity index (χ1n) is 6.49. The van der Waals surface area contributed by atoms with Crippen LogP contribution in [-0.4, -0.2) is 23.5 Å². The van der Waals surface area contributed by atoms with Crippen LogP contribution in [0.15, 0.2) is 0 Å². The van der Waals surface area contributed by atoms with Crippen LogP contribution < -0.4 is 5.32 Å². The van der Waals surface area contributed by atoms with Crippen molar-refractivity contribution >= 4 is 11.9 Å². The molecule has 0 aromatic carbocycles. The van der Waals surface area contributed by atoms with Gasteiger partial charge in [0.25, 0.3) is 0 Å². The maximum absolute atomic E-state index is 12.0. The number of carbonyl (C=O) groups is 2. The second-order valence-corrected chi connectivity index (χ2v) is 5.85. The molecule has 2 fully saturated rings. The highest BCUT2D eigenvalue weighted by Crippen LogP contribution is 2.38. The van der Waals surface area contributed by atoms with Crippen LogP contribution >= 0.6 is 0 Å². The third-order valence-corrected chi connectivity index (χ3v) is 4.27. The van der Waals surface area contributed by atoms with E-state index >= 15 is 0 Å². The van der Waals surface area contributed by atoms with E-state index in [0.717, 1.165) is 6.54 Å². The molecule has 2 rings (SSSR count). The summed E-state index contributed by atoms with van der Waals surface area (Å²) in [6.07, 6.45) is 2.53. The van der Waals surface area contributed by atoms with Gasteiger partial charge in [-0.05, 0) is 37.0 Å². The smallest absolute Gasteiger partial charge is 0.307 e. The number of carboxylic acids is 1. The lowest BCUT2D eigenvalue weighted by atomic mass is 9.95. The number of hydrogen-bond donors (Lipinski definition) is 2. The number of carbonyl (C=O) groups excluding carboxylic acids is 1. The van der Waals surface area contributed by atoms with Gasteiger partial charge in [-0.25, -0.2) is 0 Å². The average Bonchev–Trinajstić information content (AvgIpc) is 2.80. The molecule has 0 bridgehead atoms. The zero-order valence-electron chi connectivity index (χ0n) is 10.5. The Bertz CT molecular complexity index is 329. The van der Waals surface area contributed by atoms with E-state index in [4.69, 9.17) is 5.11 Å². The molecule has 0 spiro atoms. The minimum atomic E-state index is -0.825. The van der Waals surface area contributed by atoms with Crippen molar-refractivity contribution in [2.45, 2.75) is 33.1 Å². The molecule has 4 nitrogen and oxygen atoms in total. The van der Waals surface area contributed by atoms with Gasteiger partial charge in [-0.15, -0.1) is 0 Å². The van der Waals surface area contributed by atoms with E-state index in [9.17, 15) is 9.59 Å². The predicted molar refractivity (Wildman–Crippen MR) is 63.3 cm³/mol. The summed E-state index contributed by atoms with van der Waals surface area (Å²) in [6, 6.07) is 0. The molecular weight excluding hydrogens is 218 g/mol. The molecule has 5 atom stereocenters. The first-order valence-corrected chi connectivity index (χ1v) is 6.49. The van der Waals surface area contributed by atoms with Crippen molar-refractivity contribution in [3.63, 3.8) is 0 Å². The van der Waals surface area contributed by atoms with Gasteiger partial charge in [-0.2, -0.15) is 0 Å². The molecule has 1 amide bonds.